The van der Waals surface area contributed by atoms with E-state index < -0.39 is 16.9 Å². The SMILES string of the molecule is O=C(O)[C@H](Cc1cccc([N+](=O)[O-])c1)N1CCCC1. The van der Waals surface area contributed by atoms with Crippen LogP contribution in [0.5, 0.6) is 0 Å². The number of nitro benzene ring substituents is 1. The number of nitrogens with zero attached hydrogens (tertiary/aromatic N) is 2. The average molecular weight is 264 g/mol. The second-order valence-corrected chi connectivity index (χ2v) is 4.73. The van der Waals surface area contributed by atoms with Crippen LogP contribution in [0.4, 0.5) is 5.69 Å². The second kappa shape index (κ2) is 5.79. The summed E-state index contributed by atoms with van der Waals surface area (Å²) in [6, 6.07) is 5.60. The van der Waals surface area contributed by atoms with Gasteiger partial charge in [0.05, 0.1) is 4.92 Å². The molecule has 1 fully saturated rings. The molecule has 0 unspecified atom stereocenters. The van der Waals surface area contributed by atoms with E-state index in [0.717, 1.165) is 25.9 Å². The predicted molar refractivity (Wildman–Crippen MR) is 69.0 cm³/mol. The highest BCUT2D eigenvalue weighted by molar-refractivity contribution is 5.74. The number of carbonyl (C=O) groups is 1. The summed E-state index contributed by atoms with van der Waals surface area (Å²) in [5.74, 6) is -0.867. The Bertz CT molecular complexity index is 483. The fraction of sp³-hybridized carbons (Fsp3) is 0.462. The minimum absolute atomic E-state index is 0.00283. The topological polar surface area (TPSA) is 83.7 Å². The molecule has 6 nitrogen and oxygen atoms in total. The lowest BCUT2D eigenvalue weighted by Gasteiger charge is -2.23. The molecule has 0 spiro atoms. The van der Waals surface area contributed by atoms with Crippen molar-refractivity contribution < 1.29 is 14.8 Å². The molecule has 2 rings (SSSR count). The summed E-state index contributed by atoms with van der Waals surface area (Å²) in [5, 5.41) is 20.0. The van der Waals surface area contributed by atoms with E-state index in [4.69, 9.17) is 0 Å². The van der Waals surface area contributed by atoms with Crippen LogP contribution in [0.25, 0.3) is 0 Å². The summed E-state index contributed by atoms with van der Waals surface area (Å²) >= 11 is 0. The lowest BCUT2D eigenvalue weighted by molar-refractivity contribution is -0.384. The van der Waals surface area contributed by atoms with Gasteiger partial charge in [-0.2, -0.15) is 0 Å². The number of aliphatic carboxylic acids is 1. The summed E-state index contributed by atoms with van der Waals surface area (Å²) < 4.78 is 0. The van der Waals surface area contributed by atoms with Crippen molar-refractivity contribution in [2.75, 3.05) is 13.1 Å². The minimum Gasteiger partial charge on any atom is -0.480 e. The van der Waals surface area contributed by atoms with Crippen LogP contribution in [0, 0.1) is 10.1 Å². The van der Waals surface area contributed by atoms with Crippen LogP contribution < -0.4 is 0 Å². The molecule has 1 aromatic rings. The van der Waals surface area contributed by atoms with Crippen LogP contribution in [0.15, 0.2) is 24.3 Å². The predicted octanol–water partition coefficient (Wildman–Crippen LogP) is 1.69. The summed E-state index contributed by atoms with van der Waals surface area (Å²) in [4.78, 5) is 23.5. The number of likely N-dealkylation sites (tertiary alicyclic amines) is 1. The highest BCUT2D eigenvalue weighted by Crippen LogP contribution is 2.19. The van der Waals surface area contributed by atoms with Gasteiger partial charge in [0.2, 0.25) is 0 Å². The van der Waals surface area contributed by atoms with Gasteiger partial charge in [-0.25, -0.2) is 0 Å². The van der Waals surface area contributed by atoms with Gasteiger partial charge < -0.3 is 5.11 Å². The number of carboxylic acids is 1. The number of hydrogen-bond donors (Lipinski definition) is 1. The number of rotatable bonds is 5. The summed E-state index contributed by atoms with van der Waals surface area (Å²) in [7, 11) is 0. The molecule has 0 aromatic heterocycles. The molecular formula is C13H16N2O4. The molecule has 0 radical (unpaired) electrons. The van der Waals surface area contributed by atoms with Crippen LogP contribution in [-0.2, 0) is 11.2 Å². The zero-order valence-electron chi connectivity index (χ0n) is 10.5. The first-order valence-corrected chi connectivity index (χ1v) is 6.28. The van der Waals surface area contributed by atoms with E-state index in [1.54, 1.807) is 12.1 Å². The van der Waals surface area contributed by atoms with E-state index in [-0.39, 0.29) is 5.69 Å². The van der Waals surface area contributed by atoms with Gasteiger partial charge in [-0.1, -0.05) is 12.1 Å². The molecule has 0 amide bonds. The molecule has 1 heterocycles. The molecule has 1 aliphatic rings. The van der Waals surface area contributed by atoms with Gasteiger partial charge in [-0.05, 0) is 37.9 Å². The second-order valence-electron chi connectivity index (χ2n) is 4.73. The van der Waals surface area contributed by atoms with Crippen LogP contribution >= 0.6 is 0 Å². The zero-order chi connectivity index (χ0) is 13.8. The van der Waals surface area contributed by atoms with E-state index in [1.165, 1.54) is 12.1 Å². The third kappa shape index (κ3) is 3.29. The van der Waals surface area contributed by atoms with E-state index in [2.05, 4.69) is 0 Å². The van der Waals surface area contributed by atoms with Gasteiger partial charge in [0.25, 0.3) is 5.69 Å². The van der Waals surface area contributed by atoms with Gasteiger partial charge in [0.1, 0.15) is 6.04 Å². The number of carboxylic acid groups (broad SMARTS) is 1. The first-order valence-electron chi connectivity index (χ1n) is 6.28. The number of non-ortho nitro benzene ring substituents is 1. The van der Waals surface area contributed by atoms with Gasteiger partial charge >= 0.3 is 5.97 Å². The number of nitro groups is 1. The standard InChI is InChI=1S/C13H16N2O4/c16-13(17)12(14-6-1-2-7-14)9-10-4-3-5-11(8-10)15(18)19/h3-5,8,12H,1-2,6-7,9H2,(H,16,17)/t12-/m0/s1. The van der Waals surface area contributed by atoms with Crippen molar-refractivity contribution >= 4 is 11.7 Å². The smallest absolute Gasteiger partial charge is 0.321 e. The molecule has 1 aliphatic heterocycles. The molecule has 6 heteroatoms. The van der Waals surface area contributed by atoms with Crippen molar-refractivity contribution in [3.05, 3.63) is 39.9 Å². The molecule has 0 saturated carbocycles. The van der Waals surface area contributed by atoms with Crippen molar-refractivity contribution in [2.45, 2.75) is 25.3 Å². The molecule has 1 atom stereocenters. The van der Waals surface area contributed by atoms with E-state index in [9.17, 15) is 20.0 Å². The van der Waals surface area contributed by atoms with Crippen molar-refractivity contribution in [1.82, 2.24) is 4.90 Å². The van der Waals surface area contributed by atoms with Crippen LogP contribution in [0.1, 0.15) is 18.4 Å². The maximum atomic E-state index is 11.3. The lowest BCUT2D eigenvalue weighted by Crippen LogP contribution is -2.40. The lowest BCUT2D eigenvalue weighted by atomic mass is 10.0. The molecular weight excluding hydrogens is 248 g/mol. The highest BCUT2D eigenvalue weighted by Gasteiger charge is 2.28. The van der Waals surface area contributed by atoms with E-state index in [1.807, 2.05) is 4.90 Å². The van der Waals surface area contributed by atoms with Crippen molar-refractivity contribution in [2.24, 2.45) is 0 Å². The Kier molecular flexibility index (Phi) is 4.11. The fourth-order valence-corrected chi connectivity index (χ4v) is 2.45. The highest BCUT2D eigenvalue weighted by atomic mass is 16.6. The minimum atomic E-state index is -0.867. The van der Waals surface area contributed by atoms with Gasteiger partial charge in [0.15, 0.2) is 0 Å². The summed E-state index contributed by atoms with van der Waals surface area (Å²) in [6.45, 7) is 1.57. The fourth-order valence-electron chi connectivity index (χ4n) is 2.45. The first-order chi connectivity index (χ1) is 9.08. The molecule has 0 aliphatic carbocycles. The molecule has 19 heavy (non-hydrogen) atoms. The van der Waals surface area contributed by atoms with Crippen molar-refractivity contribution in [3.8, 4) is 0 Å². The Balaban J connectivity index is 2.14. The third-order valence-electron chi connectivity index (χ3n) is 3.42. The number of hydrogen-bond acceptors (Lipinski definition) is 4. The third-order valence-corrected chi connectivity index (χ3v) is 3.42. The van der Waals surface area contributed by atoms with Gasteiger partial charge in [-0.15, -0.1) is 0 Å². The molecule has 1 saturated heterocycles. The average Bonchev–Trinajstić information content (AvgIpc) is 2.89. The van der Waals surface area contributed by atoms with E-state index in [0.29, 0.717) is 12.0 Å². The van der Waals surface area contributed by atoms with Gasteiger partial charge in [-0.3, -0.25) is 19.8 Å². The molecule has 0 bridgehead atoms. The first kappa shape index (κ1) is 13.5. The maximum Gasteiger partial charge on any atom is 0.321 e. The Morgan fingerprint density at radius 1 is 1.42 bits per heavy atom. The van der Waals surface area contributed by atoms with Crippen LogP contribution in [0.3, 0.4) is 0 Å². The number of benzene rings is 1. The normalized spacial score (nSPS) is 17.3. The molecule has 102 valence electrons. The molecule has 1 aromatic carbocycles. The molecule has 1 N–H and O–H groups in total. The largest absolute Gasteiger partial charge is 0.480 e. The van der Waals surface area contributed by atoms with E-state index >= 15 is 0 Å². The monoisotopic (exact) mass is 264 g/mol. The summed E-state index contributed by atoms with van der Waals surface area (Å²) in [6.07, 6.45) is 2.33. The van der Waals surface area contributed by atoms with Crippen LogP contribution in [0.2, 0.25) is 0 Å². The van der Waals surface area contributed by atoms with Crippen LogP contribution in [-0.4, -0.2) is 40.0 Å². The van der Waals surface area contributed by atoms with Gasteiger partial charge in [0, 0.05) is 12.1 Å². The zero-order valence-corrected chi connectivity index (χ0v) is 10.5. The quantitative estimate of drug-likeness (QED) is 0.646. The Hall–Kier alpha value is -1.95. The Morgan fingerprint density at radius 2 is 2.11 bits per heavy atom. The van der Waals surface area contributed by atoms with Crippen molar-refractivity contribution in [1.29, 1.82) is 0 Å². The maximum absolute atomic E-state index is 11.3. The van der Waals surface area contributed by atoms with Crippen molar-refractivity contribution in [3.63, 3.8) is 0 Å². The Morgan fingerprint density at radius 3 is 2.68 bits per heavy atom. The Labute approximate surface area is 110 Å². The summed E-state index contributed by atoms with van der Waals surface area (Å²) in [5.41, 5.74) is 0.691.